The lowest BCUT2D eigenvalue weighted by atomic mass is 9.84. The van der Waals surface area contributed by atoms with E-state index in [2.05, 4.69) is 0 Å². The second-order valence-corrected chi connectivity index (χ2v) is 4.14. The Balaban J connectivity index is 2.95. The Labute approximate surface area is 101 Å². The number of carbonyl (C=O) groups is 1. The van der Waals surface area contributed by atoms with Gasteiger partial charge < -0.3 is 0 Å². The number of rotatable bonds is 6. The van der Waals surface area contributed by atoms with Crippen molar-refractivity contribution in [3.05, 3.63) is 46.0 Å². The molecule has 0 saturated heterocycles. The van der Waals surface area contributed by atoms with Gasteiger partial charge in [0.2, 0.25) is 6.54 Å². The fourth-order valence-corrected chi connectivity index (χ4v) is 1.96. The van der Waals surface area contributed by atoms with Crippen LogP contribution in [-0.4, -0.2) is 17.3 Å². The number of nitro groups is 1. The summed E-state index contributed by atoms with van der Waals surface area (Å²) in [5.41, 5.74) is 0.860. The zero-order valence-corrected chi connectivity index (χ0v) is 10.1. The molecule has 92 valence electrons. The van der Waals surface area contributed by atoms with Crippen molar-refractivity contribution >= 4 is 5.78 Å². The van der Waals surface area contributed by atoms with Crippen molar-refractivity contribution in [3.8, 4) is 0 Å². The fraction of sp³-hybridized carbons (Fsp3) is 0.462. The SMILES string of the molecule is CCC(=O)[C@@H](C)[C@@H](C[N+](=O)[O-])c1ccccc1. The molecule has 0 aromatic heterocycles. The average Bonchev–Trinajstić information content (AvgIpc) is 2.35. The molecule has 1 rings (SSSR count). The molecule has 0 radical (unpaired) electrons. The standard InChI is InChI=1S/C13H17NO3/c1-3-13(15)10(2)12(9-14(16)17)11-7-5-4-6-8-11/h4-8,10,12H,3,9H2,1-2H3/t10-,12+/m0/s1. The summed E-state index contributed by atoms with van der Waals surface area (Å²) in [6, 6.07) is 9.22. The van der Waals surface area contributed by atoms with Gasteiger partial charge in [-0.05, 0) is 5.56 Å². The lowest BCUT2D eigenvalue weighted by Crippen LogP contribution is -2.25. The van der Waals surface area contributed by atoms with E-state index in [1.54, 1.807) is 13.8 Å². The first-order chi connectivity index (χ1) is 8.06. The van der Waals surface area contributed by atoms with Crippen LogP contribution in [0.3, 0.4) is 0 Å². The van der Waals surface area contributed by atoms with Crippen molar-refractivity contribution in [2.45, 2.75) is 26.2 Å². The summed E-state index contributed by atoms with van der Waals surface area (Å²) in [5.74, 6) is -0.577. The summed E-state index contributed by atoms with van der Waals surface area (Å²) in [5, 5.41) is 10.7. The highest BCUT2D eigenvalue weighted by molar-refractivity contribution is 5.81. The largest absolute Gasteiger partial charge is 0.299 e. The molecule has 0 N–H and O–H groups in total. The van der Waals surface area contributed by atoms with Gasteiger partial charge in [-0.25, -0.2) is 0 Å². The summed E-state index contributed by atoms with van der Waals surface area (Å²) in [6.45, 7) is 3.36. The van der Waals surface area contributed by atoms with Crippen molar-refractivity contribution in [2.24, 2.45) is 5.92 Å². The van der Waals surface area contributed by atoms with Crippen LogP contribution in [0.4, 0.5) is 0 Å². The molecule has 0 fully saturated rings. The van der Waals surface area contributed by atoms with Crippen molar-refractivity contribution in [1.82, 2.24) is 0 Å². The molecule has 4 nitrogen and oxygen atoms in total. The van der Waals surface area contributed by atoms with E-state index in [-0.39, 0.29) is 29.1 Å². The predicted octanol–water partition coefficient (Wildman–Crippen LogP) is 2.66. The van der Waals surface area contributed by atoms with Gasteiger partial charge in [0, 0.05) is 17.3 Å². The van der Waals surface area contributed by atoms with E-state index >= 15 is 0 Å². The zero-order valence-electron chi connectivity index (χ0n) is 10.1. The Kier molecular flexibility index (Phi) is 4.82. The summed E-state index contributed by atoms with van der Waals surface area (Å²) in [7, 11) is 0. The maximum Gasteiger partial charge on any atom is 0.211 e. The maximum atomic E-state index is 11.7. The number of benzene rings is 1. The Bertz CT molecular complexity index is 389. The molecule has 1 aromatic carbocycles. The Hall–Kier alpha value is -1.71. The molecule has 0 aliphatic carbocycles. The van der Waals surface area contributed by atoms with Crippen molar-refractivity contribution in [3.63, 3.8) is 0 Å². The van der Waals surface area contributed by atoms with Crippen molar-refractivity contribution in [1.29, 1.82) is 0 Å². The Morgan fingerprint density at radius 2 is 1.94 bits per heavy atom. The summed E-state index contributed by atoms with van der Waals surface area (Å²) >= 11 is 0. The molecule has 0 amide bonds. The summed E-state index contributed by atoms with van der Waals surface area (Å²) in [6.07, 6.45) is 0.419. The minimum Gasteiger partial charge on any atom is -0.299 e. The quantitative estimate of drug-likeness (QED) is 0.562. The van der Waals surface area contributed by atoms with Gasteiger partial charge in [0.1, 0.15) is 5.78 Å². The Morgan fingerprint density at radius 3 is 2.41 bits per heavy atom. The highest BCUT2D eigenvalue weighted by Crippen LogP contribution is 2.26. The average molecular weight is 235 g/mol. The minimum atomic E-state index is -0.350. The molecule has 1 aromatic rings. The van der Waals surface area contributed by atoms with Crippen LogP contribution in [0.5, 0.6) is 0 Å². The van der Waals surface area contributed by atoms with Crippen molar-refractivity contribution < 1.29 is 9.72 Å². The fourth-order valence-electron chi connectivity index (χ4n) is 1.96. The molecule has 0 aliphatic rings. The first-order valence-corrected chi connectivity index (χ1v) is 5.75. The third-order valence-corrected chi connectivity index (χ3v) is 3.03. The normalized spacial score (nSPS) is 14.0. The number of Topliss-reactive ketones (excluding diaryl/α,β-unsaturated/α-hetero) is 1. The number of hydrogen-bond donors (Lipinski definition) is 0. The van der Waals surface area contributed by atoms with Gasteiger partial charge in [-0.2, -0.15) is 0 Å². The van der Waals surface area contributed by atoms with Crippen LogP contribution in [0.15, 0.2) is 30.3 Å². The molecule has 4 heteroatoms. The van der Waals surface area contributed by atoms with Gasteiger partial charge in [0.05, 0.1) is 5.92 Å². The van der Waals surface area contributed by atoms with E-state index in [0.29, 0.717) is 6.42 Å². The lowest BCUT2D eigenvalue weighted by Gasteiger charge is -2.19. The van der Waals surface area contributed by atoms with Crippen LogP contribution in [-0.2, 0) is 4.79 Å². The zero-order chi connectivity index (χ0) is 12.8. The maximum absolute atomic E-state index is 11.7. The number of ketones is 1. The van der Waals surface area contributed by atoms with E-state index < -0.39 is 0 Å². The smallest absolute Gasteiger partial charge is 0.211 e. The second kappa shape index (κ2) is 6.13. The van der Waals surface area contributed by atoms with E-state index in [0.717, 1.165) is 5.56 Å². The predicted molar refractivity (Wildman–Crippen MR) is 65.5 cm³/mol. The molecule has 0 saturated carbocycles. The minimum absolute atomic E-state index is 0.0701. The van der Waals surface area contributed by atoms with Crippen LogP contribution in [0.2, 0.25) is 0 Å². The van der Waals surface area contributed by atoms with Crippen molar-refractivity contribution in [2.75, 3.05) is 6.54 Å². The lowest BCUT2D eigenvalue weighted by molar-refractivity contribution is -0.484. The highest BCUT2D eigenvalue weighted by Gasteiger charge is 2.28. The first-order valence-electron chi connectivity index (χ1n) is 5.75. The van der Waals surface area contributed by atoms with E-state index in [1.807, 2.05) is 30.3 Å². The summed E-state index contributed by atoms with van der Waals surface area (Å²) < 4.78 is 0. The van der Waals surface area contributed by atoms with Gasteiger partial charge >= 0.3 is 0 Å². The van der Waals surface area contributed by atoms with Gasteiger partial charge in [0.15, 0.2) is 0 Å². The number of hydrogen-bond acceptors (Lipinski definition) is 3. The van der Waals surface area contributed by atoms with E-state index in [1.165, 1.54) is 0 Å². The topological polar surface area (TPSA) is 60.2 Å². The second-order valence-electron chi connectivity index (χ2n) is 4.14. The molecule has 0 unspecified atom stereocenters. The third-order valence-electron chi connectivity index (χ3n) is 3.03. The monoisotopic (exact) mass is 235 g/mol. The molecule has 0 aliphatic heterocycles. The third kappa shape index (κ3) is 3.66. The Morgan fingerprint density at radius 1 is 1.35 bits per heavy atom. The highest BCUT2D eigenvalue weighted by atomic mass is 16.6. The molecule has 0 spiro atoms. The van der Waals surface area contributed by atoms with Crippen LogP contribution >= 0.6 is 0 Å². The van der Waals surface area contributed by atoms with Crippen LogP contribution < -0.4 is 0 Å². The molecular formula is C13H17NO3. The number of carbonyl (C=O) groups excluding carboxylic acids is 1. The van der Waals surface area contributed by atoms with Gasteiger partial charge in [-0.3, -0.25) is 14.9 Å². The van der Waals surface area contributed by atoms with Gasteiger partial charge in [-0.1, -0.05) is 44.2 Å². The molecule has 0 bridgehead atoms. The van der Waals surface area contributed by atoms with Crippen LogP contribution in [0, 0.1) is 16.0 Å². The van der Waals surface area contributed by atoms with Crippen LogP contribution in [0.1, 0.15) is 31.7 Å². The molecule has 17 heavy (non-hydrogen) atoms. The van der Waals surface area contributed by atoms with Gasteiger partial charge in [0.25, 0.3) is 0 Å². The first kappa shape index (κ1) is 13.4. The van der Waals surface area contributed by atoms with Gasteiger partial charge in [-0.15, -0.1) is 0 Å². The molecule has 2 atom stereocenters. The van der Waals surface area contributed by atoms with Crippen LogP contribution in [0.25, 0.3) is 0 Å². The van der Waals surface area contributed by atoms with E-state index in [4.69, 9.17) is 0 Å². The number of nitrogens with zero attached hydrogens (tertiary/aromatic N) is 1. The van der Waals surface area contributed by atoms with E-state index in [9.17, 15) is 14.9 Å². The molecular weight excluding hydrogens is 218 g/mol. The summed E-state index contributed by atoms with van der Waals surface area (Å²) in [4.78, 5) is 22.0. The molecule has 0 heterocycles.